The second-order valence-electron chi connectivity index (χ2n) is 4.24. The van der Waals surface area contributed by atoms with E-state index in [9.17, 15) is 0 Å². The molecule has 0 radical (unpaired) electrons. The van der Waals surface area contributed by atoms with Gasteiger partial charge in [0.1, 0.15) is 0 Å². The molecule has 4 nitrogen and oxygen atoms in total. The van der Waals surface area contributed by atoms with Crippen LogP contribution in [0.4, 0.5) is 0 Å². The van der Waals surface area contributed by atoms with E-state index in [2.05, 4.69) is 35.4 Å². The SMILES string of the molecule is CCC1SCCSC1C(NN)c1cnn(C)c1. The van der Waals surface area contributed by atoms with Gasteiger partial charge < -0.3 is 0 Å². The summed E-state index contributed by atoms with van der Waals surface area (Å²) < 4.78 is 1.83. The van der Waals surface area contributed by atoms with E-state index in [0.29, 0.717) is 10.5 Å². The molecule has 17 heavy (non-hydrogen) atoms. The molecule has 1 aromatic heterocycles. The van der Waals surface area contributed by atoms with Crippen molar-refractivity contribution in [2.45, 2.75) is 29.9 Å². The van der Waals surface area contributed by atoms with Gasteiger partial charge in [-0.25, -0.2) is 0 Å². The lowest BCUT2D eigenvalue weighted by molar-refractivity contribution is 0.513. The Bertz CT molecular complexity index is 355. The second-order valence-corrected chi connectivity index (χ2v) is 6.88. The van der Waals surface area contributed by atoms with Crippen LogP contribution in [-0.2, 0) is 7.05 Å². The van der Waals surface area contributed by atoms with Gasteiger partial charge in [0.2, 0.25) is 0 Å². The van der Waals surface area contributed by atoms with Gasteiger partial charge in [-0.1, -0.05) is 6.92 Å². The third kappa shape index (κ3) is 2.99. The maximum absolute atomic E-state index is 5.75. The van der Waals surface area contributed by atoms with Crippen LogP contribution < -0.4 is 11.3 Å². The van der Waals surface area contributed by atoms with Gasteiger partial charge in [0.05, 0.1) is 12.2 Å². The van der Waals surface area contributed by atoms with Crippen molar-refractivity contribution in [1.82, 2.24) is 15.2 Å². The molecule has 2 rings (SSSR count). The number of aryl methyl sites for hydroxylation is 1. The highest BCUT2D eigenvalue weighted by Gasteiger charge is 2.32. The topological polar surface area (TPSA) is 55.9 Å². The molecule has 1 aliphatic rings. The number of rotatable bonds is 4. The monoisotopic (exact) mass is 272 g/mol. The van der Waals surface area contributed by atoms with Crippen LogP contribution in [0.1, 0.15) is 24.9 Å². The predicted molar refractivity (Wildman–Crippen MR) is 76.1 cm³/mol. The zero-order valence-electron chi connectivity index (χ0n) is 10.3. The second kappa shape index (κ2) is 6.13. The summed E-state index contributed by atoms with van der Waals surface area (Å²) in [5.74, 6) is 8.22. The first kappa shape index (κ1) is 13.3. The number of hydrazine groups is 1. The largest absolute Gasteiger partial charge is 0.275 e. The minimum atomic E-state index is 0.200. The van der Waals surface area contributed by atoms with E-state index in [4.69, 9.17) is 5.84 Å². The van der Waals surface area contributed by atoms with E-state index >= 15 is 0 Å². The molecule has 1 saturated heterocycles. The third-order valence-electron chi connectivity index (χ3n) is 3.09. The minimum absolute atomic E-state index is 0.200. The summed E-state index contributed by atoms with van der Waals surface area (Å²) >= 11 is 4.11. The summed E-state index contributed by atoms with van der Waals surface area (Å²) in [6.07, 6.45) is 5.16. The van der Waals surface area contributed by atoms with Crippen LogP contribution in [0.2, 0.25) is 0 Å². The van der Waals surface area contributed by atoms with Gasteiger partial charge in [-0.2, -0.15) is 28.6 Å². The molecule has 3 N–H and O–H groups in total. The summed E-state index contributed by atoms with van der Waals surface area (Å²) in [5.41, 5.74) is 4.17. The van der Waals surface area contributed by atoms with E-state index in [1.165, 1.54) is 23.5 Å². The van der Waals surface area contributed by atoms with Crippen LogP contribution in [0, 0.1) is 0 Å². The molecule has 1 aliphatic heterocycles. The van der Waals surface area contributed by atoms with Gasteiger partial charge in [-0.15, -0.1) is 0 Å². The molecule has 96 valence electrons. The van der Waals surface area contributed by atoms with E-state index in [1.54, 1.807) is 0 Å². The number of hydrogen-bond acceptors (Lipinski definition) is 5. The quantitative estimate of drug-likeness (QED) is 0.643. The smallest absolute Gasteiger partial charge is 0.0620 e. The standard InChI is InChI=1S/C11H20N4S2/c1-3-9-11(17-5-4-16-9)10(14-12)8-6-13-15(2)7-8/h6-7,9-11,14H,3-5,12H2,1-2H3. The summed E-state index contributed by atoms with van der Waals surface area (Å²) in [6.45, 7) is 2.26. The fraction of sp³-hybridized carbons (Fsp3) is 0.727. The Labute approximate surface area is 111 Å². The maximum Gasteiger partial charge on any atom is 0.0620 e. The molecule has 3 unspecified atom stereocenters. The zero-order chi connectivity index (χ0) is 12.3. The lowest BCUT2D eigenvalue weighted by Gasteiger charge is -2.35. The van der Waals surface area contributed by atoms with Crippen LogP contribution in [-0.4, -0.2) is 31.8 Å². The van der Waals surface area contributed by atoms with Crippen molar-refractivity contribution in [1.29, 1.82) is 0 Å². The van der Waals surface area contributed by atoms with Crippen molar-refractivity contribution in [3.05, 3.63) is 18.0 Å². The van der Waals surface area contributed by atoms with Crippen LogP contribution in [0.25, 0.3) is 0 Å². The molecular weight excluding hydrogens is 252 g/mol. The Morgan fingerprint density at radius 2 is 2.35 bits per heavy atom. The molecule has 2 heterocycles. The van der Waals surface area contributed by atoms with E-state index < -0.39 is 0 Å². The zero-order valence-corrected chi connectivity index (χ0v) is 11.9. The highest BCUT2D eigenvalue weighted by Crippen LogP contribution is 2.39. The number of nitrogens with two attached hydrogens (primary N) is 1. The van der Waals surface area contributed by atoms with E-state index in [0.717, 1.165) is 0 Å². The summed E-state index contributed by atoms with van der Waals surface area (Å²) in [6, 6.07) is 0.200. The Morgan fingerprint density at radius 3 is 2.94 bits per heavy atom. The molecule has 6 heteroatoms. The summed E-state index contributed by atoms with van der Waals surface area (Å²) in [4.78, 5) is 0. The van der Waals surface area contributed by atoms with E-state index in [-0.39, 0.29) is 6.04 Å². The molecule has 1 fully saturated rings. The van der Waals surface area contributed by atoms with Gasteiger partial charge in [0.15, 0.2) is 0 Å². The number of thioether (sulfide) groups is 2. The minimum Gasteiger partial charge on any atom is -0.275 e. The van der Waals surface area contributed by atoms with Crippen molar-refractivity contribution in [3.63, 3.8) is 0 Å². The van der Waals surface area contributed by atoms with Gasteiger partial charge in [0.25, 0.3) is 0 Å². The third-order valence-corrected chi connectivity index (χ3v) is 6.44. The predicted octanol–water partition coefficient (Wildman–Crippen LogP) is 1.55. The molecule has 0 aromatic carbocycles. The molecule has 1 aromatic rings. The summed E-state index contributed by atoms with van der Waals surface area (Å²) in [5, 5.41) is 5.45. The van der Waals surface area contributed by atoms with Crippen LogP contribution in [0.3, 0.4) is 0 Å². The first-order valence-corrected chi connectivity index (χ1v) is 8.04. The van der Waals surface area contributed by atoms with Crippen molar-refractivity contribution in [3.8, 4) is 0 Å². The highest BCUT2D eigenvalue weighted by molar-refractivity contribution is 8.07. The van der Waals surface area contributed by atoms with Crippen molar-refractivity contribution < 1.29 is 0 Å². The number of aromatic nitrogens is 2. The van der Waals surface area contributed by atoms with Gasteiger partial charge in [-0.3, -0.25) is 16.0 Å². The summed E-state index contributed by atoms with van der Waals surface area (Å²) in [7, 11) is 1.94. The van der Waals surface area contributed by atoms with Gasteiger partial charge in [-0.05, 0) is 6.42 Å². The fourth-order valence-corrected chi connectivity index (χ4v) is 5.46. The first-order chi connectivity index (χ1) is 8.26. The Balaban J connectivity index is 2.16. The Morgan fingerprint density at radius 1 is 1.59 bits per heavy atom. The maximum atomic E-state index is 5.75. The Hall–Kier alpha value is -0.170. The fourth-order valence-electron chi connectivity index (χ4n) is 2.23. The molecule has 0 bridgehead atoms. The van der Waals surface area contributed by atoms with Crippen LogP contribution >= 0.6 is 23.5 Å². The molecule has 0 aliphatic carbocycles. The molecular formula is C11H20N4S2. The highest BCUT2D eigenvalue weighted by atomic mass is 32.2. The average molecular weight is 272 g/mol. The molecule has 0 saturated carbocycles. The van der Waals surface area contributed by atoms with Crippen LogP contribution in [0.15, 0.2) is 12.4 Å². The average Bonchev–Trinajstić information content (AvgIpc) is 2.77. The first-order valence-electron chi connectivity index (χ1n) is 5.94. The van der Waals surface area contributed by atoms with E-state index in [1.807, 2.05) is 29.7 Å². The normalized spacial score (nSPS) is 27.0. The van der Waals surface area contributed by atoms with Gasteiger partial charge >= 0.3 is 0 Å². The van der Waals surface area contributed by atoms with Gasteiger partial charge in [0, 0.05) is 40.8 Å². The molecule has 0 spiro atoms. The number of nitrogens with one attached hydrogen (secondary N) is 1. The van der Waals surface area contributed by atoms with Crippen molar-refractivity contribution in [2.75, 3.05) is 11.5 Å². The van der Waals surface area contributed by atoms with Crippen LogP contribution in [0.5, 0.6) is 0 Å². The van der Waals surface area contributed by atoms with Crippen molar-refractivity contribution in [2.24, 2.45) is 12.9 Å². The lowest BCUT2D eigenvalue weighted by atomic mass is 10.0. The molecule has 3 atom stereocenters. The van der Waals surface area contributed by atoms with Crippen molar-refractivity contribution >= 4 is 23.5 Å². The lowest BCUT2D eigenvalue weighted by Crippen LogP contribution is -2.41. The number of hydrogen-bond donors (Lipinski definition) is 2. The molecule has 0 amide bonds. The number of nitrogens with zero attached hydrogens (tertiary/aromatic N) is 2. The Kier molecular flexibility index (Phi) is 4.78.